The number of amides is 1. The van der Waals surface area contributed by atoms with Crippen molar-refractivity contribution in [3.8, 4) is 0 Å². The van der Waals surface area contributed by atoms with E-state index in [0.29, 0.717) is 15.7 Å². The maximum absolute atomic E-state index is 12.2. The summed E-state index contributed by atoms with van der Waals surface area (Å²) in [6, 6.07) is 4.85. The third kappa shape index (κ3) is 3.12. The van der Waals surface area contributed by atoms with E-state index >= 15 is 0 Å². The van der Waals surface area contributed by atoms with Gasteiger partial charge >= 0.3 is 5.97 Å². The van der Waals surface area contributed by atoms with Crippen molar-refractivity contribution in [2.24, 2.45) is 5.41 Å². The van der Waals surface area contributed by atoms with Crippen molar-refractivity contribution in [1.82, 2.24) is 5.32 Å². The van der Waals surface area contributed by atoms with Gasteiger partial charge in [-0.1, -0.05) is 0 Å². The fourth-order valence-electron chi connectivity index (χ4n) is 1.46. The van der Waals surface area contributed by atoms with E-state index < -0.39 is 16.9 Å². The van der Waals surface area contributed by atoms with Crippen LogP contribution in [0.1, 0.15) is 38.1 Å². The van der Waals surface area contributed by atoms with Crippen LogP contribution in [0.2, 0.25) is 0 Å². The van der Waals surface area contributed by atoms with Crippen LogP contribution in [-0.2, 0) is 4.79 Å². The highest BCUT2D eigenvalue weighted by molar-refractivity contribution is 9.10. The maximum atomic E-state index is 12.2. The van der Waals surface area contributed by atoms with E-state index in [4.69, 9.17) is 5.73 Å². The van der Waals surface area contributed by atoms with Crippen LogP contribution in [-0.4, -0.2) is 22.5 Å². The lowest BCUT2D eigenvalue weighted by Crippen LogP contribution is -2.56. The Hall–Kier alpha value is -1.56. The van der Waals surface area contributed by atoms with Gasteiger partial charge in [0.1, 0.15) is 0 Å². The number of benzene rings is 1. The van der Waals surface area contributed by atoms with E-state index in [-0.39, 0.29) is 5.91 Å². The number of hydrogen-bond donors (Lipinski definition) is 3. The second-order valence-electron chi connectivity index (χ2n) is 5.75. The fourth-order valence-corrected chi connectivity index (χ4v) is 1.71. The Balaban J connectivity index is 3.00. The third-order valence-electron chi connectivity index (χ3n) is 3.78. The lowest BCUT2D eigenvalue weighted by atomic mass is 9.74. The zero-order chi connectivity index (χ0) is 15.7. The van der Waals surface area contributed by atoms with Gasteiger partial charge < -0.3 is 16.2 Å². The van der Waals surface area contributed by atoms with Gasteiger partial charge in [0.25, 0.3) is 5.91 Å². The zero-order valence-electron chi connectivity index (χ0n) is 12.0. The molecule has 20 heavy (non-hydrogen) atoms. The van der Waals surface area contributed by atoms with Gasteiger partial charge in [0.2, 0.25) is 0 Å². The van der Waals surface area contributed by atoms with Gasteiger partial charge in [-0.2, -0.15) is 0 Å². The highest BCUT2D eigenvalue weighted by Crippen LogP contribution is 2.31. The molecule has 6 heteroatoms. The first-order valence-electron chi connectivity index (χ1n) is 6.10. The largest absolute Gasteiger partial charge is 0.481 e. The molecule has 0 aromatic heterocycles. The molecule has 0 bridgehead atoms. The molecule has 1 rings (SSSR count). The van der Waals surface area contributed by atoms with Crippen molar-refractivity contribution in [2.75, 3.05) is 5.73 Å². The summed E-state index contributed by atoms with van der Waals surface area (Å²) < 4.78 is 0.708. The van der Waals surface area contributed by atoms with Crippen molar-refractivity contribution < 1.29 is 14.7 Å². The van der Waals surface area contributed by atoms with Crippen LogP contribution in [0, 0.1) is 5.41 Å². The Morgan fingerprint density at radius 2 is 1.80 bits per heavy atom. The van der Waals surface area contributed by atoms with Crippen LogP contribution < -0.4 is 11.1 Å². The van der Waals surface area contributed by atoms with Gasteiger partial charge in [0, 0.05) is 15.7 Å². The van der Waals surface area contributed by atoms with Gasteiger partial charge in [0.05, 0.1) is 11.0 Å². The van der Waals surface area contributed by atoms with Gasteiger partial charge in [-0.25, -0.2) is 0 Å². The quantitative estimate of drug-likeness (QED) is 0.733. The number of hydrogen-bond acceptors (Lipinski definition) is 3. The molecule has 110 valence electrons. The standard InChI is InChI=1S/C14H19BrN2O3/c1-13(2,12(19)20)14(3,4)17-11(18)8-5-6-9(15)10(16)7-8/h5-7H,16H2,1-4H3,(H,17,18)(H,19,20). The molecule has 0 heterocycles. The molecule has 5 nitrogen and oxygen atoms in total. The van der Waals surface area contributed by atoms with E-state index in [9.17, 15) is 14.7 Å². The summed E-state index contributed by atoms with van der Waals surface area (Å²) in [5.74, 6) is -1.33. The second kappa shape index (κ2) is 5.44. The minimum atomic E-state index is -1.11. The molecule has 1 aromatic carbocycles. The average molecular weight is 343 g/mol. The second-order valence-corrected chi connectivity index (χ2v) is 6.60. The smallest absolute Gasteiger partial charge is 0.311 e. The summed E-state index contributed by atoms with van der Waals surface area (Å²) in [6.45, 7) is 6.51. The number of aliphatic carboxylic acids is 1. The number of halogens is 1. The molecule has 0 spiro atoms. The number of nitrogens with one attached hydrogen (secondary N) is 1. The molecule has 1 aromatic rings. The molecule has 0 unspecified atom stereocenters. The van der Waals surface area contributed by atoms with Crippen LogP contribution in [0.4, 0.5) is 5.69 Å². The molecule has 1 amide bonds. The SMILES string of the molecule is CC(C)(NC(=O)c1ccc(Br)c(N)c1)C(C)(C)C(=O)O. The van der Waals surface area contributed by atoms with Crippen LogP contribution in [0.5, 0.6) is 0 Å². The number of nitrogens with two attached hydrogens (primary N) is 1. The molecule has 0 aliphatic heterocycles. The van der Waals surface area contributed by atoms with Gasteiger partial charge in [0.15, 0.2) is 0 Å². The number of anilines is 1. The Kier molecular flexibility index (Phi) is 4.49. The van der Waals surface area contributed by atoms with Crippen LogP contribution in [0.3, 0.4) is 0 Å². The molecule has 0 aliphatic carbocycles. The molecule has 0 atom stereocenters. The first kappa shape index (κ1) is 16.5. The topological polar surface area (TPSA) is 92.4 Å². The van der Waals surface area contributed by atoms with Crippen molar-refractivity contribution in [3.05, 3.63) is 28.2 Å². The predicted molar refractivity (Wildman–Crippen MR) is 81.5 cm³/mol. The first-order chi connectivity index (χ1) is 8.99. The van der Waals surface area contributed by atoms with Crippen molar-refractivity contribution >= 4 is 33.5 Å². The summed E-state index contributed by atoms with van der Waals surface area (Å²) in [6.07, 6.45) is 0. The zero-order valence-corrected chi connectivity index (χ0v) is 13.5. The minimum Gasteiger partial charge on any atom is -0.481 e. The predicted octanol–water partition coefficient (Wildman–Crippen LogP) is 2.65. The van der Waals surface area contributed by atoms with Crippen molar-refractivity contribution in [1.29, 1.82) is 0 Å². The third-order valence-corrected chi connectivity index (χ3v) is 4.50. The number of carbonyl (C=O) groups is 2. The summed E-state index contributed by atoms with van der Waals surface area (Å²) in [5.41, 5.74) is 4.55. The van der Waals surface area contributed by atoms with E-state index in [1.165, 1.54) is 0 Å². The summed E-state index contributed by atoms with van der Waals surface area (Å²) in [4.78, 5) is 23.5. The lowest BCUT2D eigenvalue weighted by molar-refractivity contribution is -0.150. The number of carboxylic acids is 1. The molecular formula is C14H19BrN2O3. The van der Waals surface area contributed by atoms with E-state index in [1.807, 2.05) is 0 Å². The van der Waals surface area contributed by atoms with Crippen molar-refractivity contribution in [3.63, 3.8) is 0 Å². The Bertz CT molecular complexity index is 553. The van der Waals surface area contributed by atoms with Gasteiger partial charge in [-0.3, -0.25) is 9.59 Å². The molecule has 0 radical (unpaired) electrons. The fraction of sp³-hybridized carbons (Fsp3) is 0.429. The van der Waals surface area contributed by atoms with Gasteiger partial charge in [-0.05, 0) is 61.8 Å². The van der Waals surface area contributed by atoms with E-state index in [0.717, 1.165) is 0 Å². The highest BCUT2D eigenvalue weighted by Gasteiger charge is 2.44. The first-order valence-corrected chi connectivity index (χ1v) is 6.89. The molecule has 0 fully saturated rings. The number of carbonyl (C=O) groups excluding carboxylic acids is 1. The molecule has 0 aliphatic rings. The normalized spacial score (nSPS) is 12.1. The Labute approximate surface area is 126 Å². The van der Waals surface area contributed by atoms with Crippen LogP contribution >= 0.6 is 15.9 Å². The molecule has 0 saturated heterocycles. The molecule has 4 N–H and O–H groups in total. The number of nitrogen functional groups attached to an aromatic ring is 1. The summed E-state index contributed by atoms with van der Waals surface area (Å²) >= 11 is 3.26. The highest BCUT2D eigenvalue weighted by atomic mass is 79.9. The Morgan fingerprint density at radius 1 is 1.25 bits per heavy atom. The number of carboxylic acid groups (broad SMARTS) is 1. The van der Waals surface area contributed by atoms with Crippen molar-refractivity contribution in [2.45, 2.75) is 33.2 Å². The Morgan fingerprint density at radius 3 is 2.25 bits per heavy atom. The minimum absolute atomic E-state index is 0.358. The number of rotatable bonds is 4. The maximum Gasteiger partial charge on any atom is 0.311 e. The van der Waals surface area contributed by atoms with E-state index in [1.54, 1.807) is 45.9 Å². The monoisotopic (exact) mass is 342 g/mol. The summed E-state index contributed by atoms with van der Waals surface area (Å²) in [7, 11) is 0. The molecule has 0 saturated carbocycles. The lowest BCUT2D eigenvalue weighted by Gasteiger charge is -2.38. The molecular weight excluding hydrogens is 324 g/mol. The van der Waals surface area contributed by atoms with Crippen LogP contribution in [0.15, 0.2) is 22.7 Å². The summed E-state index contributed by atoms with van der Waals surface area (Å²) in [5, 5.41) is 12.0. The van der Waals surface area contributed by atoms with Gasteiger partial charge in [-0.15, -0.1) is 0 Å². The van der Waals surface area contributed by atoms with E-state index in [2.05, 4.69) is 21.2 Å². The van der Waals surface area contributed by atoms with Crippen LogP contribution in [0.25, 0.3) is 0 Å². The average Bonchev–Trinajstić information content (AvgIpc) is 2.31.